The average Bonchev–Trinajstić information content (AvgIpc) is 2.59. The minimum atomic E-state index is -0.130. The van der Waals surface area contributed by atoms with Crippen LogP contribution in [0.3, 0.4) is 0 Å². The molecule has 1 fully saturated rings. The van der Waals surface area contributed by atoms with E-state index in [4.69, 9.17) is 4.74 Å². The first-order chi connectivity index (χ1) is 11.2. The Morgan fingerprint density at radius 1 is 1.17 bits per heavy atom. The molecule has 5 heteroatoms. The summed E-state index contributed by atoms with van der Waals surface area (Å²) in [5.41, 5.74) is 1.93. The summed E-state index contributed by atoms with van der Waals surface area (Å²) in [7, 11) is 0. The highest BCUT2D eigenvalue weighted by Gasteiger charge is 2.15. The maximum absolute atomic E-state index is 12.0. The molecule has 2 N–H and O–H groups in total. The van der Waals surface area contributed by atoms with Gasteiger partial charge in [0.05, 0.1) is 6.10 Å². The standard InChI is InChI=1S/C18H26N2O3/c1-2-14-7-3-4-9-16(14)20-18(22)11-10-17(21)19-13-15-8-5-6-12-23-15/h3-4,7,9,15H,2,5-6,8,10-13H2,1H3,(H,19,21)(H,20,22). The van der Waals surface area contributed by atoms with Gasteiger partial charge in [0.15, 0.2) is 0 Å². The molecule has 5 nitrogen and oxygen atoms in total. The van der Waals surface area contributed by atoms with Crippen LogP contribution < -0.4 is 10.6 Å². The minimum Gasteiger partial charge on any atom is -0.376 e. The predicted octanol–water partition coefficient (Wildman–Crippen LogP) is 2.65. The second-order valence-corrected chi connectivity index (χ2v) is 5.85. The summed E-state index contributed by atoms with van der Waals surface area (Å²) in [6.07, 6.45) is 4.62. The third kappa shape index (κ3) is 6.02. The van der Waals surface area contributed by atoms with Gasteiger partial charge in [-0.25, -0.2) is 0 Å². The lowest BCUT2D eigenvalue weighted by molar-refractivity contribution is -0.125. The van der Waals surface area contributed by atoms with Crippen molar-refractivity contribution in [3.05, 3.63) is 29.8 Å². The topological polar surface area (TPSA) is 67.4 Å². The van der Waals surface area contributed by atoms with Gasteiger partial charge in [0.25, 0.3) is 0 Å². The summed E-state index contributed by atoms with van der Waals surface area (Å²) in [4.78, 5) is 23.8. The Balaban J connectivity index is 1.68. The van der Waals surface area contributed by atoms with E-state index in [-0.39, 0.29) is 30.8 Å². The summed E-state index contributed by atoms with van der Waals surface area (Å²) in [5, 5.41) is 5.73. The summed E-state index contributed by atoms with van der Waals surface area (Å²) in [5.74, 6) is -0.229. The molecule has 1 saturated heterocycles. The molecule has 1 aromatic carbocycles. The van der Waals surface area contributed by atoms with Crippen LogP contribution in [0.5, 0.6) is 0 Å². The van der Waals surface area contributed by atoms with Crippen LogP contribution in [-0.2, 0) is 20.7 Å². The summed E-state index contributed by atoms with van der Waals surface area (Å²) in [6.45, 7) is 3.37. The number of rotatable bonds is 7. The van der Waals surface area contributed by atoms with Crippen molar-refractivity contribution in [2.45, 2.75) is 51.6 Å². The van der Waals surface area contributed by atoms with Crippen molar-refractivity contribution in [1.29, 1.82) is 0 Å². The second kappa shape index (κ2) is 9.30. The Kier molecular flexibility index (Phi) is 7.07. The smallest absolute Gasteiger partial charge is 0.224 e. The molecule has 1 aliphatic rings. The Morgan fingerprint density at radius 3 is 2.70 bits per heavy atom. The molecule has 1 aromatic rings. The number of hydrogen-bond donors (Lipinski definition) is 2. The van der Waals surface area contributed by atoms with E-state index in [0.29, 0.717) is 6.54 Å². The van der Waals surface area contributed by atoms with E-state index in [2.05, 4.69) is 10.6 Å². The molecule has 0 bridgehead atoms. The van der Waals surface area contributed by atoms with E-state index >= 15 is 0 Å². The number of ether oxygens (including phenoxy) is 1. The van der Waals surface area contributed by atoms with Crippen LogP contribution in [0.15, 0.2) is 24.3 Å². The molecule has 0 saturated carbocycles. The van der Waals surface area contributed by atoms with Gasteiger partial charge in [-0.2, -0.15) is 0 Å². The lowest BCUT2D eigenvalue weighted by Gasteiger charge is -2.22. The quantitative estimate of drug-likeness (QED) is 0.812. The molecule has 1 atom stereocenters. The minimum absolute atomic E-state index is 0.0990. The molecule has 0 radical (unpaired) electrons. The van der Waals surface area contributed by atoms with Crippen molar-refractivity contribution in [2.24, 2.45) is 0 Å². The van der Waals surface area contributed by atoms with Crippen molar-refractivity contribution in [3.63, 3.8) is 0 Å². The van der Waals surface area contributed by atoms with E-state index in [1.807, 2.05) is 31.2 Å². The van der Waals surface area contributed by atoms with Crippen LogP contribution >= 0.6 is 0 Å². The Labute approximate surface area is 137 Å². The molecule has 1 unspecified atom stereocenters. The van der Waals surface area contributed by atoms with Crippen LogP contribution in [0, 0.1) is 0 Å². The Hall–Kier alpha value is -1.88. The highest BCUT2D eigenvalue weighted by molar-refractivity contribution is 5.93. The fourth-order valence-electron chi connectivity index (χ4n) is 2.67. The Bertz CT molecular complexity index is 525. The number of anilines is 1. The molecule has 2 amide bonds. The summed E-state index contributed by atoms with van der Waals surface area (Å²) >= 11 is 0. The van der Waals surface area contributed by atoms with Gasteiger partial charge in [0.1, 0.15) is 0 Å². The zero-order chi connectivity index (χ0) is 16.5. The zero-order valence-corrected chi connectivity index (χ0v) is 13.8. The second-order valence-electron chi connectivity index (χ2n) is 5.85. The maximum atomic E-state index is 12.0. The number of para-hydroxylation sites is 1. The van der Waals surface area contributed by atoms with E-state index in [1.54, 1.807) is 0 Å². The van der Waals surface area contributed by atoms with Crippen LogP contribution in [0.1, 0.15) is 44.6 Å². The van der Waals surface area contributed by atoms with E-state index in [9.17, 15) is 9.59 Å². The first kappa shape index (κ1) is 17.5. The lowest BCUT2D eigenvalue weighted by Crippen LogP contribution is -2.35. The van der Waals surface area contributed by atoms with E-state index in [1.165, 1.54) is 0 Å². The largest absolute Gasteiger partial charge is 0.376 e. The van der Waals surface area contributed by atoms with E-state index in [0.717, 1.165) is 43.5 Å². The van der Waals surface area contributed by atoms with Crippen molar-refractivity contribution >= 4 is 17.5 Å². The third-order valence-electron chi connectivity index (χ3n) is 4.05. The van der Waals surface area contributed by atoms with Gasteiger partial charge in [-0.1, -0.05) is 25.1 Å². The lowest BCUT2D eigenvalue weighted by atomic mass is 10.1. The number of carbonyl (C=O) groups excluding carboxylic acids is 2. The monoisotopic (exact) mass is 318 g/mol. The number of nitrogens with one attached hydrogen (secondary N) is 2. The van der Waals surface area contributed by atoms with Crippen LogP contribution in [-0.4, -0.2) is 31.1 Å². The molecule has 23 heavy (non-hydrogen) atoms. The average molecular weight is 318 g/mol. The molecule has 0 spiro atoms. The fourth-order valence-corrected chi connectivity index (χ4v) is 2.67. The summed E-state index contributed by atoms with van der Waals surface area (Å²) < 4.78 is 5.56. The van der Waals surface area contributed by atoms with Gasteiger partial charge in [0.2, 0.25) is 11.8 Å². The van der Waals surface area contributed by atoms with Gasteiger partial charge in [0, 0.05) is 31.7 Å². The van der Waals surface area contributed by atoms with Crippen molar-refractivity contribution in [3.8, 4) is 0 Å². The van der Waals surface area contributed by atoms with Crippen LogP contribution in [0.25, 0.3) is 0 Å². The molecular weight excluding hydrogens is 292 g/mol. The normalized spacial score (nSPS) is 17.5. The molecule has 0 aliphatic carbocycles. The molecule has 1 aliphatic heterocycles. The number of aryl methyl sites for hydroxylation is 1. The zero-order valence-electron chi connectivity index (χ0n) is 13.8. The molecule has 126 valence electrons. The van der Waals surface area contributed by atoms with Gasteiger partial charge < -0.3 is 15.4 Å². The van der Waals surface area contributed by atoms with Gasteiger partial charge >= 0.3 is 0 Å². The summed E-state index contributed by atoms with van der Waals surface area (Å²) in [6, 6.07) is 7.73. The van der Waals surface area contributed by atoms with Crippen LogP contribution in [0.4, 0.5) is 5.69 Å². The third-order valence-corrected chi connectivity index (χ3v) is 4.05. The first-order valence-electron chi connectivity index (χ1n) is 8.45. The van der Waals surface area contributed by atoms with Crippen molar-refractivity contribution in [2.75, 3.05) is 18.5 Å². The SMILES string of the molecule is CCc1ccccc1NC(=O)CCC(=O)NCC1CCCCO1. The van der Waals surface area contributed by atoms with Gasteiger partial charge in [-0.3, -0.25) is 9.59 Å². The van der Waals surface area contributed by atoms with Crippen molar-refractivity contribution < 1.29 is 14.3 Å². The highest BCUT2D eigenvalue weighted by Crippen LogP contribution is 2.16. The van der Waals surface area contributed by atoms with Crippen LogP contribution in [0.2, 0.25) is 0 Å². The van der Waals surface area contributed by atoms with Gasteiger partial charge in [-0.15, -0.1) is 0 Å². The molecular formula is C18H26N2O3. The fraction of sp³-hybridized carbons (Fsp3) is 0.556. The predicted molar refractivity (Wildman–Crippen MR) is 90.3 cm³/mol. The molecule has 2 rings (SSSR count). The Morgan fingerprint density at radius 2 is 1.96 bits per heavy atom. The number of amides is 2. The molecule has 0 aromatic heterocycles. The van der Waals surface area contributed by atoms with Gasteiger partial charge in [-0.05, 0) is 37.3 Å². The number of hydrogen-bond acceptors (Lipinski definition) is 3. The number of carbonyl (C=O) groups is 2. The van der Waals surface area contributed by atoms with Crippen molar-refractivity contribution in [1.82, 2.24) is 5.32 Å². The maximum Gasteiger partial charge on any atom is 0.224 e. The van der Waals surface area contributed by atoms with E-state index < -0.39 is 0 Å². The first-order valence-corrected chi connectivity index (χ1v) is 8.45. The highest BCUT2D eigenvalue weighted by atomic mass is 16.5. The number of benzene rings is 1. The molecule has 1 heterocycles.